The molecular weight excluding hydrogens is 488 g/mol. The molecular formula is C24H24BF3N6O3. The molecule has 0 aliphatic carbocycles. The third-order valence-corrected chi connectivity index (χ3v) is 5.29. The zero-order valence-corrected chi connectivity index (χ0v) is 20.0. The maximum atomic E-state index is 13.7. The summed E-state index contributed by atoms with van der Waals surface area (Å²) in [6, 6.07) is 11.3. The minimum Gasteiger partial charge on any atom is -0.423 e. The van der Waals surface area contributed by atoms with Crippen LogP contribution in [0.25, 0.3) is 0 Å². The number of nitrogens with one attached hydrogen (secondary N) is 3. The lowest BCUT2D eigenvalue weighted by molar-refractivity contribution is -0.137. The summed E-state index contributed by atoms with van der Waals surface area (Å²) < 4.78 is 46.2. The number of rotatable bonds is 8. The predicted molar refractivity (Wildman–Crippen MR) is 135 cm³/mol. The van der Waals surface area contributed by atoms with Crippen molar-refractivity contribution in [1.29, 1.82) is 0 Å². The van der Waals surface area contributed by atoms with Crippen molar-refractivity contribution in [3.63, 3.8) is 0 Å². The molecule has 0 bridgehead atoms. The number of alkyl halides is 3. The summed E-state index contributed by atoms with van der Waals surface area (Å²) in [5.41, 5.74) is 1.53. The summed E-state index contributed by atoms with van der Waals surface area (Å²) in [5.74, 6) is -0.888. The van der Waals surface area contributed by atoms with Gasteiger partial charge in [0.05, 0.1) is 6.61 Å². The summed E-state index contributed by atoms with van der Waals surface area (Å²) in [7, 11) is 2.73. The minimum absolute atomic E-state index is 0.0644. The van der Waals surface area contributed by atoms with Gasteiger partial charge in [-0.2, -0.15) is 18.2 Å². The van der Waals surface area contributed by atoms with Crippen LogP contribution in [0.5, 0.6) is 0 Å². The first-order valence-corrected chi connectivity index (χ1v) is 11.2. The van der Waals surface area contributed by atoms with E-state index < -0.39 is 24.7 Å². The van der Waals surface area contributed by atoms with Crippen molar-refractivity contribution in [3.05, 3.63) is 71.9 Å². The lowest BCUT2D eigenvalue weighted by atomic mass is 9.79. The highest BCUT2D eigenvalue weighted by molar-refractivity contribution is 6.61. The van der Waals surface area contributed by atoms with Crippen molar-refractivity contribution in [1.82, 2.24) is 14.9 Å². The van der Waals surface area contributed by atoms with Gasteiger partial charge in [0.1, 0.15) is 11.4 Å². The number of likely N-dealkylation sites (N-methyl/N-ethyl adjacent to an activating group) is 1. The predicted octanol–water partition coefficient (Wildman–Crippen LogP) is 3.26. The van der Waals surface area contributed by atoms with Gasteiger partial charge in [-0.15, -0.1) is 0 Å². The van der Waals surface area contributed by atoms with Gasteiger partial charge >= 0.3 is 13.3 Å². The molecule has 1 aliphatic heterocycles. The second kappa shape index (κ2) is 11.0. The van der Waals surface area contributed by atoms with Crippen LogP contribution in [-0.4, -0.2) is 53.6 Å². The third-order valence-electron chi connectivity index (χ3n) is 5.29. The van der Waals surface area contributed by atoms with Gasteiger partial charge in [0.15, 0.2) is 0 Å². The first kappa shape index (κ1) is 26.1. The molecule has 0 spiro atoms. The van der Waals surface area contributed by atoms with E-state index in [9.17, 15) is 23.0 Å². The van der Waals surface area contributed by atoms with Crippen LogP contribution in [0, 0.1) is 0 Å². The van der Waals surface area contributed by atoms with E-state index in [2.05, 4.69) is 25.9 Å². The Hall–Kier alpha value is -3.94. The van der Waals surface area contributed by atoms with E-state index in [0.717, 1.165) is 5.56 Å². The largest absolute Gasteiger partial charge is 0.491 e. The fourth-order valence-electron chi connectivity index (χ4n) is 3.55. The van der Waals surface area contributed by atoms with Gasteiger partial charge in [-0.25, -0.2) is 4.98 Å². The Balaban J connectivity index is 1.54. The molecule has 4 rings (SSSR count). The number of amides is 1. The SMILES string of the molecule is CN(C)C/C=C/C(=O)Nc1cccc(Nc2nc(Nc3ccc4c(c3)COB4O)ncc2C(F)(F)F)c1. The molecule has 0 saturated carbocycles. The van der Waals surface area contributed by atoms with Gasteiger partial charge in [-0.05, 0) is 55.5 Å². The van der Waals surface area contributed by atoms with Gasteiger partial charge in [-0.1, -0.05) is 18.2 Å². The Kier molecular flexibility index (Phi) is 7.76. The molecule has 1 amide bonds. The number of hydrogen-bond acceptors (Lipinski definition) is 8. The molecule has 4 N–H and O–H groups in total. The van der Waals surface area contributed by atoms with Crippen LogP contribution in [0.4, 0.5) is 42.0 Å². The molecule has 0 fully saturated rings. The van der Waals surface area contributed by atoms with Crippen LogP contribution in [0.3, 0.4) is 0 Å². The molecule has 1 aliphatic rings. The molecule has 1 aromatic heterocycles. The van der Waals surface area contributed by atoms with Crippen molar-refractivity contribution >= 4 is 47.3 Å². The van der Waals surface area contributed by atoms with E-state index in [4.69, 9.17) is 4.65 Å². The fourth-order valence-corrected chi connectivity index (χ4v) is 3.55. The van der Waals surface area contributed by atoms with Gasteiger partial charge in [-0.3, -0.25) is 4.79 Å². The highest BCUT2D eigenvalue weighted by atomic mass is 19.4. The Morgan fingerprint density at radius 2 is 1.92 bits per heavy atom. The molecule has 3 aromatic rings. The number of carbonyl (C=O) groups is 1. The molecule has 9 nitrogen and oxygen atoms in total. The Morgan fingerprint density at radius 3 is 2.68 bits per heavy atom. The van der Waals surface area contributed by atoms with Crippen LogP contribution < -0.4 is 21.4 Å². The normalized spacial score (nSPS) is 13.2. The molecule has 0 unspecified atom stereocenters. The maximum Gasteiger partial charge on any atom is 0.491 e. The molecule has 0 radical (unpaired) electrons. The van der Waals surface area contributed by atoms with E-state index >= 15 is 0 Å². The Morgan fingerprint density at radius 1 is 1.16 bits per heavy atom. The van der Waals surface area contributed by atoms with E-state index in [-0.39, 0.29) is 24.1 Å². The van der Waals surface area contributed by atoms with Gasteiger partial charge in [0, 0.05) is 35.9 Å². The van der Waals surface area contributed by atoms with Crippen molar-refractivity contribution in [3.8, 4) is 0 Å². The van der Waals surface area contributed by atoms with Crippen LogP contribution in [0.1, 0.15) is 11.1 Å². The average molecular weight is 512 g/mol. The summed E-state index contributed by atoms with van der Waals surface area (Å²) in [6.45, 7) is 0.797. The van der Waals surface area contributed by atoms with Crippen LogP contribution >= 0.6 is 0 Å². The van der Waals surface area contributed by atoms with Gasteiger partial charge in [0.25, 0.3) is 0 Å². The quantitative estimate of drug-likeness (QED) is 0.269. The molecule has 2 aromatic carbocycles. The summed E-state index contributed by atoms with van der Waals surface area (Å²) >= 11 is 0. The fraction of sp³-hybridized carbons (Fsp3) is 0.208. The number of halogens is 3. The number of fused-ring (bicyclic) bond motifs is 1. The number of anilines is 5. The van der Waals surface area contributed by atoms with Gasteiger partial charge < -0.3 is 30.5 Å². The Labute approximate surface area is 211 Å². The van der Waals surface area contributed by atoms with Crippen molar-refractivity contribution in [2.75, 3.05) is 36.6 Å². The standard InChI is InChI=1S/C24H24BF3N6O3/c1-34(2)10-4-7-21(35)30-16-5-3-6-17(12-16)31-22-19(24(26,27)28)13-29-23(33-22)32-18-8-9-20-15(11-18)14-37-25(20)36/h3-9,11-13,36H,10,14H2,1-2H3,(H,30,35)(H2,29,31,32,33)/b7-4+. The van der Waals surface area contributed by atoms with Crippen LogP contribution in [0.15, 0.2) is 60.8 Å². The zero-order chi connectivity index (χ0) is 26.6. The zero-order valence-electron chi connectivity index (χ0n) is 20.0. The molecule has 0 atom stereocenters. The average Bonchev–Trinajstić information content (AvgIpc) is 3.18. The van der Waals surface area contributed by atoms with Crippen LogP contribution in [-0.2, 0) is 22.2 Å². The first-order valence-electron chi connectivity index (χ1n) is 11.2. The monoisotopic (exact) mass is 512 g/mol. The van der Waals surface area contributed by atoms with Crippen molar-refractivity contribution in [2.24, 2.45) is 0 Å². The second-order valence-electron chi connectivity index (χ2n) is 8.52. The topological polar surface area (TPSA) is 112 Å². The third kappa shape index (κ3) is 6.85. The van der Waals surface area contributed by atoms with Crippen molar-refractivity contribution < 1.29 is 27.6 Å². The maximum absolute atomic E-state index is 13.7. The summed E-state index contributed by atoms with van der Waals surface area (Å²) in [5, 5.41) is 18.0. The molecule has 37 heavy (non-hydrogen) atoms. The molecule has 0 saturated heterocycles. The van der Waals surface area contributed by atoms with E-state index in [1.807, 2.05) is 19.0 Å². The van der Waals surface area contributed by atoms with E-state index in [1.165, 1.54) is 12.1 Å². The highest BCUT2D eigenvalue weighted by Gasteiger charge is 2.35. The summed E-state index contributed by atoms with van der Waals surface area (Å²) in [4.78, 5) is 21.9. The minimum atomic E-state index is -4.70. The highest BCUT2D eigenvalue weighted by Crippen LogP contribution is 2.35. The smallest absolute Gasteiger partial charge is 0.423 e. The van der Waals surface area contributed by atoms with E-state index in [0.29, 0.717) is 29.6 Å². The van der Waals surface area contributed by atoms with Crippen LogP contribution in [0.2, 0.25) is 0 Å². The first-order chi connectivity index (χ1) is 17.6. The molecule has 13 heteroatoms. The summed E-state index contributed by atoms with van der Waals surface area (Å²) in [6.07, 6.45) is -0.932. The number of aromatic nitrogens is 2. The van der Waals surface area contributed by atoms with Crippen molar-refractivity contribution in [2.45, 2.75) is 12.8 Å². The number of hydrogen-bond donors (Lipinski definition) is 4. The number of benzene rings is 2. The Bertz CT molecular complexity index is 1320. The molecule has 192 valence electrons. The number of nitrogens with zero attached hydrogens (tertiary/aromatic N) is 3. The molecule has 2 heterocycles. The van der Waals surface area contributed by atoms with E-state index in [1.54, 1.807) is 42.5 Å². The number of carbonyl (C=O) groups excluding carboxylic acids is 1. The lowest BCUT2D eigenvalue weighted by Gasteiger charge is -2.15. The lowest BCUT2D eigenvalue weighted by Crippen LogP contribution is -2.27. The van der Waals surface area contributed by atoms with Gasteiger partial charge in [0.2, 0.25) is 11.9 Å². The second-order valence-corrected chi connectivity index (χ2v) is 8.52.